The lowest BCUT2D eigenvalue weighted by Gasteiger charge is -2.09. The number of aryl methyl sites for hydroxylation is 2. The van der Waals surface area contributed by atoms with Gasteiger partial charge in [0.25, 0.3) is 0 Å². The van der Waals surface area contributed by atoms with Crippen molar-refractivity contribution in [3.63, 3.8) is 0 Å². The van der Waals surface area contributed by atoms with Crippen molar-refractivity contribution in [1.82, 2.24) is 10.1 Å². The Morgan fingerprint density at radius 3 is 2.40 bits per heavy atom. The summed E-state index contributed by atoms with van der Waals surface area (Å²) in [7, 11) is 0. The van der Waals surface area contributed by atoms with Crippen LogP contribution in [0, 0.1) is 13.8 Å². The molecule has 0 radical (unpaired) electrons. The van der Waals surface area contributed by atoms with Gasteiger partial charge in [0.2, 0.25) is 6.39 Å². The van der Waals surface area contributed by atoms with Crippen LogP contribution in [-0.2, 0) is 0 Å². The van der Waals surface area contributed by atoms with Crippen LogP contribution in [0.2, 0.25) is 0 Å². The SMILES string of the molecule is Cc1cc(C)cc(C(N)c2ncon2)c1. The van der Waals surface area contributed by atoms with Gasteiger partial charge in [-0.05, 0) is 19.4 Å². The molecule has 0 fully saturated rings. The summed E-state index contributed by atoms with van der Waals surface area (Å²) in [4.78, 5) is 3.95. The van der Waals surface area contributed by atoms with Gasteiger partial charge in [0, 0.05) is 0 Å². The Kier molecular flexibility index (Phi) is 2.51. The summed E-state index contributed by atoms with van der Waals surface area (Å²) in [5.74, 6) is 0.514. The van der Waals surface area contributed by atoms with Crippen LogP contribution in [0.3, 0.4) is 0 Å². The van der Waals surface area contributed by atoms with Gasteiger partial charge in [0.15, 0.2) is 5.82 Å². The number of rotatable bonds is 2. The Morgan fingerprint density at radius 2 is 1.87 bits per heavy atom. The normalized spacial score (nSPS) is 12.7. The van der Waals surface area contributed by atoms with E-state index in [-0.39, 0.29) is 6.04 Å². The Bertz CT molecular complexity index is 431. The molecule has 0 amide bonds. The second-order valence-electron chi connectivity index (χ2n) is 3.69. The van der Waals surface area contributed by atoms with Gasteiger partial charge in [0.05, 0.1) is 6.04 Å². The number of hydrogen-bond acceptors (Lipinski definition) is 4. The third-order valence-corrected chi connectivity index (χ3v) is 2.26. The molecule has 1 aromatic carbocycles. The predicted molar refractivity (Wildman–Crippen MR) is 56.2 cm³/mol. The first-order chi connectivity index (χ1) is 7.16. The van der Waals surface area contributed by atoms with E-state index in [1.807, 2.05) is 26.0 Å². The van der Waals surface area contributed by atoms with E-state index < -0.39 is 0 Å². The van der Waals surface area contributed by atoms with Crippen LogP contribution in [0.5, 0.6) is 0 Å². The van der Waals surface area contributed by atoms with Gasteiger partial charge in [-0.3, -0.25) is 0 Å². The van der Waals surface area contributed by atoms with Gasteiger partial charge in [-0.15, -0.1) is 0 Å². The third-order valence-electron chi connectivity index (χ3n) is 2.26. The third kappa shape index (κ3) is 2.05. The van der Waals surface area contributed by atoms with Crippen LogP contribution in [-0.4, -0.2) is 10.1 Å². The summed E-state index contributed by atoms with van der Waals surface area (Å²) in [6.07, 6.45) is 1.29. The Balaban J connectivity index is 2.37. The Labute approximate surface area is 88.1 Å². The average molecular weight is 203 g/mol. The minimum Gasteiger partial charge on any atom is -0.343 e. The molecule has 4 heteroatoms. The molecule has 0 aliphatic rings. The molecule has 0 aliphatic carbocycles. The zero-order chi connectivity index (χ0) is 10.8. The Morgan fingerprint density at radius 1 is 1.20 bits per heavy atom. The molecule has 78 valence electrons. The minimum absolute atomic E-state index is 0.317. The largest absolute Gasteiger partial charge is 0.343 e. The van der Waals surface area contributed by atoms with Crippen LogP contribution in [0.1, 0.15) is 28.6 Å². The molecule has 0 aliphatic heterocycles. The van der Waals surface area contributed by atoms with Gasteiger partial charge >= 0.3 is 0 Å². The van der Waals surface area contributed by atoms with Crippen molar-refractivity contribution in [1.29, 1.82) is 0 Å². The Hall–Kier alpha value is -1.68. The highest BCUT2D eigenvalue weighted by atomic mass is 16.5. The van der Waals surface area contributed by atoms with Crippen LogP contribution in [0.25, 0.3) is 0 Å². The lowest BCUT2D eigenvalue weighted by atomic mass is 10.0. The lowest BCUT2D eigenvalue weighted by Crippen LogP contribution is -2.13. The first-order valence-electron chi connectivity index (χ1n) is 4.77. The molecule has 1 heterocycles. The van der Waals surface area contributed by atoms with Crippen LogP contribution in [0.15, 0.2) is 29.1 Å². The molecule has 0 saturated heterocycles. The van der Waals surface area contributed by atoms with Crippen molar-refractivity contribution in [2.75, 3.05) is 0 Å². The molecule has 2 N–H and O–H groups in total. The van der Waals surface area contributed by atoms with E-state index in [0.717, 1.165) is 5.56 Å². The quantitative estimate of drug-likeness (QED) is 0.807. The number of nitrogens with zero attached hydrogens (tertiary/aromatic N) is 2. The molecule has 15 heavy (non-hydrogen) atoms. The second-order valence-corrected chi connectivity index (χ2v) is 3.69. The maximum atomic E-state index is 6.01. The van der Waals surface area contributed by atoms with Gasteiger partial charge in [-0.1, -0.05) is 34.5 Å². The minimum atomic E-state index is -0.317. The van der Waals surface area contributed by atoms with E-state index in [9.17, 15) is 0 Å². The molecular weight excluding hydrogens is 190 g/mol. The first kappa shape index (κ1) is 9.86. The van der Waals surface area contributed by atoms with Crippen molar-refractivity contribution in [2.24, 2.45) is 5.73 Å². The monoisotopic (exact) mass is 203 g/mol. The van der Waals surface area contributed by atoms with E-state index in [1.165, 1.54) is 17.5 Å². The summed E-state index contributed by atoms with van der Waals surface area (Å²) in [5.41, 5.74) is 9.39. The highest BCUT2D eigenvalue weighted by Crippen LogP contribution is 2.18. The summed E-state index contributed by atoms with van der Waals surface area (Å²) in [5, 5.41) is 3.74. The average Bonchev–Trinajstić information content (AvgIpc) is 2.67. The highest BCUT2D eigenvalue weighted by molar-refractivity contribution is 5.32. The van der Waals surface area contributed by atoms with Crippen LogP contribution in [0.4, 0.5) is 0 Å². The summed E-state index contributed by atoms with van der Waals surface area (Å²) < 4.78 is 4.68. The first-order valence-corrected chi connectivity index (χ1v) is 4.77. The number of nitrogens with two attached hydrogens (primary N) is 1. The van der Waals surface area contributed by atoms with E-state index in [0.29, 0.717) is 5.82 Å². The second kappa shape index (κ2) is 3.82. The smallest absolute Gasteiger partial charge is 0.213 e. The number of benzene rings is 1. The van der Waals surface area contributed by atoms with Crippen molar-refractivity contribution < 1.29 is 4.52 Å². The van der Waals surface area contributed by atoms with Gasteiger partial charge < -0.3 is 10.3 Å². The fraction of sp³-hybridized carbons (Fsp3) is 0.273. The highest BCUT2D eigenvalue weighted by Gasteiger charge is 2.13. The van der Waals surface area contributed by atoms with Crippen molar-refractivity contribution in [3.8, 4) is 0 Å². The van der Waals surface area contributed by atoms with Crippen molar-refractivity contribution in [3.05, 3.63) is 47.1 Å². The van der Waals surface area contributed by atoms with Crippen molar-refractivity contribution >= 4 is 0 Å². The molecule has 2 aromatic rings. The maximum Gasteiger partial charge on any atom is 0.213 e. The van der Waals surface area contributed by atoms with Gasteiger partial charge in [-0.25, -0.2) is 0 Å². The molecule has 1 atom stereocenters. The van der Waals surface area contributed by atoms with Crippen molar-refractivity contribution in [2.45, 2.75) is 19.9 Å². The van der Waals surface area contributed by atoms with Crippen LogP contribution < -0.4 is 5.73 Å². The molecule has 1 aromatic heterocycles. The fourth-order valence-corrected chi connectivity index (χ4v) is 1.65. The van der Waals surface area contributed by atoms with E-state index in [2.05, 4.69) is 20.7 Å². The lowest BCUT2D eigenvalue weighted by molar-refractivity contribution is 0.407. The fourth-order valence-electron chi connectivity index (χ4n) is 1.65. The topological polar surface area (TPSA) is 64.9 Å². The zero-order valence-corrected chi connectivity index (χ0v) is 8.77. The molecule has 0 saturated carbocycles. The maximum absolute atomic E-state index is 6.01. The van der Waals surface area contributed by atoms with Gasteiger partial charge in [0.1, 0.15) is 0 Å². The molecular formula is C11H13N3O. The molecule has 1 unspecified atom stereocenters. The van der Waals surface area contributed by atoms with Gasteiger partial charge in [-0.2, -0.15) is 4.98 Å². The summed E-state index contributed by atoms with van der Waals surface area (Å²) in [6.45, 7) is 4.08. The van der Waals surface area contributed by atoms with E-state index in [4.69, 9.17) is 5.73 Å². The summed E-state index contributed by atoms with van der Waals surface area (Å²) >= 11 is 0. The van der Waals surface area contributed by atoms with E-state index in [1.54, 1.807) is 0 Å². The number of hydrogen-bond donors (Lipinski definition) is 1. The molecule has 2 rings (SSSR count). The molecule has 4 nitrogen and oxygen atoms in total. The standard InChI is InChI=1S/C11H13N3O/c1-7-3-8(2)5-9(4-7)10(12)11-13-6-15-14-11/h3-6,10H,12H2,1-2H3. The van der Waals surface area contributed by atoms with E-state index >= 15 is 0 Å². The molecule has 0 spiro atoms. The number of aromatic nitrogens is 2. The summed E-state index contributed by atoms with van der Waals surface area (Å²) in [6, 6.07) is 5.86. The molecule has 0 bridgehead atoms. The zero-order valence-electron chi connectivity index (χ0n) is 8.77. The van der Waals surface area contributed by atoms with Crippen LogP contribution >= 0.6 is 0 Å². The predicted octanol–water partition coefficient (Wildman–Crippen LogP) is 1.73.